The van der Waals surface area contributed by atoms with Gasteiger partial charge in [0, 0.05) is 43.6 Å². The summed E-state index contributed by atoms with van der Waals surface area (Å²) in [6.45, 7) is 9.32. The lowest BCUT2D eigenvalue weighted by molar-refractivity contribution is -0.0140. The first-order chi connectivity index (χ1) is 21.9. The van der Waals surface area contributed by atoms with Crippen LogP contribution < -0.4 is 11.1 Å². The molecule has 244 valence electrons. The average Bonchev–Trinajstić information content (AvgIpc) is 3.46. The van der Waals surface area contributed by atoms with E-state index in [9.17, 15) is 19.4 Å². The van der Waals surface area contributed by atoms with Gasteiger partial charge in [-0.2, -0.15) is 0 Å². The number of aliphatic hydroxyl groups is 1. The number of aryl methyl sites for hydroxylation is 1. The molecular weight excluding hydrogens is 603 g/mol. The van der Waals surface area contributed by atoms with Crippen molar-refractivity contribution in [2.24, 2.45) is 17.1 Å². The van der Waals surface area contributed by atoms with Crippen molar-refractivity contribution in [2.75, 3.05) is 26.2 Å². The number of pyridine rings is 2. The van der Waals surface area contributed by atoms with Crippen LogP contribution in [0.15, 0.2) is 42.6 Å². The number of fused-ring (bicyclic) bond motifs is 2. The number of hydrogen-bond acceptors (Lipinski definition) is 9. The fourth-order valence-corrected chi connectivity index (χ4v) is 7.44. The molecule has 3 aromatic heterocycles. The maximum absolute atomic E-state index is 14.0. The van der Waals surface area contributed by atoms with Crippen molar-refractivity contribution in [1.29, 1.82) is 0 Å². The molecule has 1 amide bonds. The van der Waals surface area contributed by atoms with Gasteiger partial charge in [0.2, 0.25) is 5.88 Å². The fourth-order valence-electron chi connectivity index (χ4n) is 6.60. The Morgan fingerprint density at radius 1 is 1.17 bits per heavy atom. The van der Waals surface area contributed by atoms with Gasteiger partial charge in [0.15, 0.2) is 10.8 Å². The fraction of sp³-hybridized carbons (Fsp3) is 0.486. The van der Waals surface area contributed by atoms with Crippen molar-refractivity contribution < 1.29 is 19.4 Å². The van der Waals surface area contributed by atoms with E-state index in [1.165, 1.54) is 29.2 Å². The standard InChI is InChI=1S/C35H43FN6O3S/c1-34(2,3)25-8-9-27-23(16-25)18-29-32(40-27)46-33(41-29)31(44)39-28(10-13-42-14-11-35(45,20-37)12-15-42)22-6-4-21(5-7-22)24-17-26(36)30(43)38-19-24/h4-7,17-19,25,28,45H,8-16,20,37H2,1-3H3,(H,38,43)(H,39,44)/t25-,28+/m0/s1. The number of rotatable bonds is 8. The van der Waals surface area contributed by atoms with Crippen LogP contribution in [0.1, 0.15) is 79.1 Å². The van der Waals surface area contributed by atoms with E-state index >= 15 is 0 Å². The lowest BCUT2D eigenvalue weighted by Gasteiger charge is -2.38. The van der Waals surface area contributed by atoms with Gasteiger partial charge in [-0.05, 0) is 78.7 Å². The Morgan fingerprint density at radius 2 is 1.91 bits per heavy atom. The third-order valence-corrected chi connectivity index (χ3v) is 10.8. The first-order valence-electron chi connectivity index (χ1n) is 16.1. The SMILES string of the molecule is CC(C)(C)[C@H]1CCc2nc3sc(C(=O)N[C@H](CCN4CCC(O)(CN)CC4)c4ccc(-c5cnc(O)c(F)c5)cc4)nc3cc2C1. The van der Waals surface area contributed by atoms with Crippen molar-refractivity contribution in [3.8, 4) is 17.0 Å². The number of carbonyl (C=O) groups is 1. The largest absolute Gasteiger partial charge is 0.491 e. The third kappa shape index (κ3) is 7.07. The molecule has 0 radical (unpaired) electrons. The van der Waals surface area contributed by atoms with Crippen LogP contribution in [0.25, 0.3) is 21.5 Å². The molecule has 46 heavy (non-hydrogen) atoms. The van der Waals surface area contributed by atoms with Crippen LogP contribution in [0.4, 0.5) is 4.39 Å². The van der Waals surface area contributed by atoms with Crippen LogP contribution in [-0.2, 0) is 12.8 Å². The minimum atomic E-state index is -0.809. The van der Waals surface area contributed by atoms with Gasteiger partial charge in [-0.25, -0.2) is 19.3 Å². The summed E-state index contributed by atoms with van der Waals surface area (Å²) in [4.78, 5) is 30.2. The first-order valence-corrected chi connectivity index (χ1v) is 16.9. The molecule has 0 spiro atoms. The van der Waals surface area contributed by atoms with E-state index in [-0.39, 0.29) is 23.9 Å². The van der Waals surface area contributed by atoms with Crippen LogP contribution in [0, 0.1) is 17.2 Å². The molecule has 1 aliphatic heterocycles. The van der Waals surface area contributed by atoms with Crippen molar-refractivity contribution >= 4 is 27.6 Å². The Hall–Kier alpha value is -3.51. The molecule has 2 aliphatic rings. The maximum Gasteiger partial charge on any atom is 0.280 e. The summed E-state index contributed by atoms with van der Waals surface area (Å²) >= 11 is 1.33. The van der Waals surface area contributed by atoms with Crippen LogP contribution in [0.3, 0.4) is 0 Å². The molecule has 5 N–H and O–H groups in total. The zero-order chi connectivity index (χ0) is 32.6. The number of nitrogens with zero attached hydrogens (tertiary/aromatic N) is 4. The molecule has 0 saturated carbocycles. The van der Waals surface area contributed by atoms with Gasteiger partial charge in [0.1, 0.15) is 10.3 Å². The van der Waals surface area contributed by atoms with Crippen LogP contribution in [0.2, 0.25) is 0 Å². The number of amides is 1. The molecule has 4 heterocycles. The highest BCUT2D eigenvalue weighted by Crippen LogP contribution is 2.38. The van der Waals surface area contributed by atoms with Gasteiger partial charge in [-0.1, -0.05) is 56.4 Å². The number of nitrogens with one attached hydrogen (secondary N) is 1. The molecule has 11 heteroatoms. The number of halogens is 1. The number of aromatic hydroxyl groups is 1. The van der Waals surface area contributed by atoms with E-state index in [0.29, 0.717) is 35.8 Å². The van der Waals surface area contributed by atoms with Gasteiger partial charge in [-0.15, -0.1) is 0 Å². The van der Waals surface area contributed by atoms with Gasteiger partial charge in [0.25, 0.3) is 5.91 Å². The van der Waals surface area contributed by atoms with Crippen LogP contribution in [0.5, 0.6) is 5.88 Å². The summed E-state index contributed by atoms with van der Waals surface area (Å²) in [7, 11) is 0. The smallest absolute Gasteiger partial charge is 0.280 e. The highest BCUT2D eigenvalue weighted by atomic mass is 32.1. The number of piperidine rings is 1. The Kier molecular flexibility index (Phi) is 9.13. The van der Waals surface area contributed by atoms with Crippen molar-refractivity contribution in [2.45, 2.75) is 70.9 Å². The number of aromatic nitrogens is 3. The van der Waals surface area contributed by atoms with Crippen molar-refractivity contribution in [3.05, 3.63) is 70.2 Å². The third-order valence-electron chi connectivity index (χ3n) is 9.84. The van der Waals surface area contributed by atoms with E-state index in [2.05, 4.69) is 42.0 Å². The van der Waals surface area contributed by atoms with E-state index in [1.54, 1.807) is 0 Å². The van der Waals surface area contributed by atoms with Crippen LogP contribution in [-0.4, -0.2) is 67.8 Å². The second kappa shape index (κ2) is 12.9. The second-order valence-corrected chi connectivity index (χ2v) is 15.0. The molecule has 1 aliphatic carbocycles. The summed E-state index contributed by atoms with van der Waals surface area (Å²) < 4.78 is 14.0. The molecule has 4 aromatic rings. The number of benzene rings is 1. The molecular formula is C35H43FN6O3S. The van der Waals surface area contributed by atoms with Gasteiger partial charge in [-0.3, -0.25) is 4.79 Å². The summed E-state index contributed by atoms with van der Waals surface area (Å²) in [5.41, 5.74) is 10.5. The molecule has 0 unspecified atom stereocenters. The summed E-state index contributed by atoms with van der Waals surface area (Å²) in [5, 5.41) is 23.7. The minimum absolute atomic E-state index is 0.226. The number of carbonyl (C=O) groups excluding carboxylic acids is 1. The summed E-state index contributed by atoms with van der Waals surface area (Å²) in [6, 6.07) is 10.6. The Morgan fingerprint density at radius 3 is 2.59 bits per heavy atom. The van der Waals surface area contributed by atoms with E-state index in [4.69, 9.17) is 15.7 Å². The van der Waals surface area contributed by atoms with Gasteiger partial charge >= 0.3 is 0 Å². The highest BCUT2D eigenvalue weighted by Gasteiger charge is 2.32. The summed E-state index contributed by atoms with van der Waals surface area (Å²) in [6.07, 6.45) is 6.34. The Labute approximate surface area is 273 Å². The molecule has 6 rings (SSSR count). The summed E-state index contributed by atoms with van der Waals surface area (Å²) in [5.74, 6) is -1.08. The van der Waals surface area contributed by atoms with Crippen LogP contribution >= 0.6 is 11.3 Å². The normalized spacial score (nSPS) is 19.1. The average molecular weight is 647 g/mol. The van der Waals surface area contributed by atoms with E-state index < -0.39 is 17.3 Å². The predicted molar refractivity (Wildman–Crippen MR) is 178 cm³/mol. The zero-order valence-electron chi connectivity index (χ0n) is 26.7. The van der Waals surface area contributed by atoms with E-state index in [1.807, 2.05) is 24.3 Å². The number of hydrogen-bond donors (Lipinski definition) is 4. The highest BCUT2D eigenvalue weighted by molar-refractivity contribution is 7.19. The number of likely N-dealkylation sites (tertiary alicyclic amines) is 1. The Bertz CT molecular complexity index is 1710. The van der Waals surface area contributed by atoms with Gasteiger partial charge in [0.05, 0.1) is 11.6 Å². The molecule has 1 fully saturated rings. The molecule has 0 bridgehead atoms. The molecule has 2 atom stereocenters. The molecule has 9 nitrogen and oxygen atoms in total. The van der Waals surface area contributed by atoms with Crippen molar-refractivity contribution in [3.63, 3.8) is 0 Å². The maximum atomic E-state index is 14.0. The topological polar surface area (TPSA) is 137 Å². The number of nitrogens with two attached hydrogens (primary N) is 1. The Balaban J connectivity index is 1.21. The lowest BCUT2D eigenvalue weighted by atomic mass is 9.71. The molecule has 1 aromatic carbocycles. The molecule has 1 saturated heterocycles. The quantitative estimate of drug-likeness (QED) is 0.200. The monoisotopic (exact) mass is 646 g/mol. The lowest BCUT2D eigenvalue weighted by Crippen LogP contribution is -2.49. The number of thiazole rings is 1. The van der Waals surface area contributed by atoms with Gasteiger partial charge < -0.3 is 26.2 Å². The van der Waals surface area contributed by atoms with E-state index in [0.717, 1.165) is 66.1 Å². The second-order valence-electron chi connectivity index (χ2n) is 14.0. The minimum Gasteiger partial charge on any atom is -0.491 e. The zero-order valence-corrected chi connectivity index (χ0v) is 27.5. The first kappa shape index (κ1) is 32.4. The van der Waals surface area contributed by atoms with Crippen molar-refractivity contribution in [1.82, 2.24) is 25.2 Å². The predicted octanol–water partition coefficient (Wildman–Crippen LogP) is 5.40.